The molecule has 0 atom stereocenters. The van der Waals surface area contributed by atoms with Crippen molar-refractivity contribution in [2.75, 3.05) is 18.2 Å². The van der Waals surface area contributed by atoms with E-state index in [0.29, 0.717) is 32.5 Å². The van der Waals surface area contributed by atoms with Crippen molar-refractivity contribution in [2.24, 2.45) is 7.05 Å². The largest absolute Gasteiger partial charge is 0.497 e. The highest BCUT2D eigenvalue weighted by atomic mass is 35.5. The highest BCUT2D eigenvalue weighted by molar-refractivity contribution is 7.99. The van der Waals surface area contributed by atoms with E-state index >= 15 is 0 Å². The lowest BCUT2D eigenvalue weighted by molar-refractivity contribution is -0.113. The molecule has 1 heterocycles. The van der Waals surface area contributed by atoms with Crippen LogP contribution < -0.4 is 14.8 Å². The van der Waals surface area contributed by atoms with E-state index in [0.717, 1.165) is 5.75 Å². The van der Waals surface area contributed by atoms with Gasteiger partial charge < -0.3 is 19.4 Å². The lowest BCUT2D eigenvalue weighted by Crippen LogP contribution is -2.14. The Bertz CT molecular complexity index is 996. The van der Waals surface area contributed by atoms with Crippen LogP contribution in [0, 0.1) is 0 Å². The Morgan fingerprint density at radius 2 is 1.93 bits per heavy atom. The minimum atomic E-state index is -0.145. The standard InChI is InChI=1S/C19H18Cl2N4O3S/c1-25-17(10-28-16-8-3-12(20)9-15(16)21)23-24-19(25)29-11-18(26)22-13-4-6-14(27-2)7-5-13/h3-9H,10-11H2,1-2H3,(H,22,26). The molecule has 0 unspecified atom stereocenters. The van der Waals surface area contributed by atoms with Gasteiger partial charge in [0.2, 0.25) is 5.91 Å². The molecule has 0 fully saturated rings. The number of rotatable bonds is 8. The van der Waals surface area contributed by atoms with Crippen molar-refractivity contribution >= 4 is 46.6 Å². The number of anilines is 1. The Kier molecular flexibility index (Phi) is 7.24. The average molecular weight is 453 g/mol. The van der Waals surface area contributed by atoms with Crippen LogP contribution in [0.2, 0.25) is 10.0 Å². The summed E-state index contributed by atoms with van der Waals surface area (Å²) in [5.41, 5.74) is 0.697. The zero-order chi connectivity index (χ0) is 20.8. The van der Waals surface area contributed by atoms with Gasteiger partial charge in [0.25, 0.3) is 0 Å². The van der Waals surface area contributed by atoms with Crippen molar-refractivity contribution in [3.05, 3.63) is 58.3 Å². The van der Waals surface area contributed by atoms with E-state index in [1.54, 1.807) is 54.1 Å². The van der Waals surface area contributed by atoms with Gasteiger partial charge in [-0.2, -0.15) is 0 Å². The summed E-state index contributed by atoms with van der Waals surface area (Å²) in [7, 11) is 3.40. The number of thioether (sulfide) groups is 1. The molecule has 7 nitrogen and oxygen atoms in total. The van der Waals surface area contributed by atoms with Crippen molar-refractivity contribution in [2.45, 2.75) is 11.8 Å². The molecule has 3 aromatic rings. The number of ether oxygens (including phenoxy) is 2. The molecule has 152 valence electrons. The molecule has 1 amide bonds. The normalized spacial score (nSPS) is 10.6. The van der Waals surface area contributed by atoms with E-state index in [2.05, 4.69) is 15.5 Å². The summed E-state index contributed by atoms with van der Waals surface area (Å²) in [6.07, 6.45) is 0. The number of hydrogen-bond donors (Lipinski definition) is 1. The van der Waals surface area contributed by atoms with E-state index in [1.165, 1.54) is 11.8 Å². The van der Waals surface area contributed by atoms with Crippen molar-refractivity contribution in [3.63, 3.8) is 0 Å². The highest BCUT2D eigenvalue weighted by Gasteiger charge is 2.13. The fourth-order valence-electron chi connectivity index (χ4n) is 2.33. The second kappa shape index (κ2) is 9.87. The molecule has 1 N–H and O–H groups in total. The maximum atomic E-state index is 12.2. The van der Waals surface area contributed by atoms with Crippen LogP contribution in [-0.4, -0.2) is 33.5 Å². The monoisotopic (exact) mass is 452 g/mol. The summed E-state index contributed by atoms with van der Waals surface area (Å²) in [4.78, 5) is 12.2. The molecule has 0 aliphatic heterocycles. The predicted molar refractivity (Wildman–Crippen MR) is 114 cm³/mol. The lowest BCUT2D eigenvalue weighted by Gasteiger charge is -2.08. The molecule has 29 heavy (non-hydrogen) atoms. The van der Waals surface area contributed by atoms with Gasteiger partial charge in [-0.1, -0.05) is 35.0 Å². The first-order valence-electron chi connectivity index (χ1n) is 8.49. The van der Waals surface area contributed by atoms with E-state index in [-0.39, 0.29) is 18.3 Å². The Labute approximate surface area is 182 Å². The topological polar surface area (TPSA) is 78.3 Å². The maximum absolute atomic E-state index is 12.2. The van der Waals surface area contributed by atoms with Crippen molar-refractivity contribution in [1.82, 2.24) is 14.8 Å². The van der Waals surface area contributed by atoms with Crippen molar-refractivity contribution in [3.8, 4) is 11.5 Å². The summed E-state index contributed by atoms with van der Waals surface area (Å²) >= 11 is 13.3. The van der Waals surface area contributed by atoms with Gasteiger partial charge in [0.05, 0.1) is 17.9 Å². The predicted octanol–water partition coefficient (Wildman–Crippen LogP) is 4.44. The van der Waals surface area contributed by atoms with E-state index < -0.39 is 0 Å². The quantitative estimate of drug-likeness (QED) is 0.508. The second-order valence-electron chi connectivity index (χ2n) is 5.89. The Hall–Kier alpha value is -2.42. The van der Waals surface area contributed by atoms with Crippen molar-refractivity contribution < 1.29 is 14.3 Å². The summed E-state index contributed by atoms with van der Waals surface area (Å²) in [6.45, 7) is 0.184. The third-order valence-electron chi connectivity index (χ3n) is 3.88. The molecule has 1 aromatic heterocycles. The number of hydrogen-bond acceptors (Lipinski definition) is 6. The van der Waals surface area contributed by atoms with Crippen LogP contribution in [0.5, 0.6) is 11.5 Å². The number of methoxy groups -OCH3 is 1. The third kappa shape index (κ3) is 5.79. The van der Waals surface area contributed by atoms with Crippen LogP contribution in [0.1, 0.15) is 5.82 Å². The fraction of sp³-hybridized carbons (Fsp3) is 0.211. The fourth-order valence-corrected chi connectivity index (χ4v) is 3.53. The molecule has 3 rings (SSSR count). The van der Waals surface area contributed by atoms with Crippen LogP contribution in [0.3, 0.4) is 0 Å². The van der Waals surface area contributed by atoms with Gasteiger partial charge in [-0.3, -0.25) is 4.79 Å². The van der Waals surface area contributed by atoms with Gasteiger partial charge in [0, 0.05) is 17.8 Å². The van der Waals surface area contributed by atoms with Gasteiger partial charge in [0.15, 0.2) is 11.0 Å². The van der Waals surface area contributed by atoms with E-state index in [9.17, 15) is 4.79 Å². The number of nitrogens with one attached hydrogen (secondary N) is 1. The molecule has 0 saturated carbocycles. The van der Waals surface area contributed by atoms with Gasteiger partial charge in [-0.25, -0.2) is 0 Å². The van der Waals surface area contributed by atoms with E-state index in [4.69, 9.17) is 32.7 Å². The molecule has 2 aromatic carbocycles. The first-order chi connectivity index (χ1) is 14.0. The Morgan fingerprint density at radius 3 is 2.62 bits per heavy atom. The number of nitrogens with zero attached hydrogens (tertiary/aromatic N) is 3. The molecule has 0 aliphatic rings. The molecule has 10 heteroatoms. The number of carbonyl (C=O) groups is 1. The highest BCUT2D eigenvalue weighted by Crippen LogP contribution is 2.28. The number of amides is 1. The molecular weight excluding hydrogens is 435 g/mol. The van der Waals surface area contributed by atoms with Gasteiger partial charge >= 0.3 is 0 Å². The van der Waals surface area contributed by atoms with Gasteiger partial charge in [-0.15, -0.1) is 10.2 Å². The van der Waals surface area contributed by atoms with Crippen LogP contribution >= 0.6 is 35.0 Å². The molecule has 0 bridgehead atoms. The second-order valence-corrected chi connectivity index (χ2v) is 7.67. The minimum Gasteiger partial charge on any atom is -0.497 e. The van der Waals surface area contributed by atoms with Crippen LogP contribution in [0.4, 0.5) is 5.69 Å². The SMILES string of the molecule is COc1ccc(NC(=O)CSc2nnc(COc3ccc(Cl)cc3Cl)n2C)cc1. The summed E-state index contributed by atoms with van der Waals surface area (Å²) in [5, 5.41) is 12.6. The Balaban J connectivity index is 1.52. The van der Waals surface area contributed by atoms with Gasteiger partial charge in [0.1, 0.15) is 18.1 Å². The minimum absolute atomic E-state index is 0.145. The van der Waals surface area contributed by atoms with Crippen LogP contribution in [0.25, 0.3) is 0 Å². The molecular formula is C19H18Cl2N4O3S. The molecule has 0 aliphatic carbocycles. The van der Waals surface area contributed by atoms with Crippen molar-refractivity contribution in [1.29, 1.82) is 0 Å². The molecule has 0 saturated heterocycles. The summed E-state index contributed by atoms with van der Waals surface area (Å²) in [5.74, 6) is 1.89. The molecule has 0 radical (unpaired) electrons. The summed E-state index contributed by atoms with van der Waals surface area (Å²) in [6, 6.07) is 12.1. The first kappa shape index (κ1) is 21.3. The zero-order valence-electron chi connectivity index (χ0n) is 15.7. The Morgan fingerprint density at radius 1 is 1.17 bits per heavy atom. The molecule has 0 spiro atoms. The number of carbonyl (C=O) groups excluding carboxylic acids is 1. The van der Waals surface area contributed by atoms with Crippen LogP contribution in [-0.2, 0) is 18.4 Å². The zero-order valence-corrected chi connectivity index (χ0v) is 18.0. The third-order valence-corrected chi connectivity index (χ3v) is 5.43. The average Bonchev–Trinajstić information content (AvgIpc) is 3.06. The van der Waals surface area contributed by atoms with Crippen LogP contribution in [0.15, 0.2) is 47.6 Å². The number of benzene rings is 2. The summed E-state index contributed by atoms with van der Waals surface area (Å²) < 4.78 is 12.6. The number of halogens is 2. The smallest absolute Gasteiger partial charge is 0.234 e. The first-order valence-corrected chi connectivity index (χ1v) is 10.2. The maximum Gasteiger partial charge on any atom is 0.234 e. The number of aromatic nitrogens is 3. The van der Waals surface area contributed by atoms with Gasteiger partial charge in [-0.05, 0) is 42.5 Å². The van der Waals surface area contributed by atoms with E-state index in [1.807, 2.05) is 7.05 Å². The lowest BCUT2D eigenvalue weighted by atomic mass is 10.3.